The molecule has 0 spiro atoms. The molecule has 0 radical (unpaired) electrons. The Hall–Kier alpha value is -2.08. The summed E-state index contributed by atoms with van der Waals surface area (Å²) in [5.41, 5.74) is 5.98. The number of benzene rings is 2. The maximum absolute atomic E-state index is 10.4. The van der Waals surface area contributed by atoms with Crippen molar-refractivity contribution in [3.05, 3.63) is 46.0 Å². The van der Waals surface area contributed by atoms with Crippen molar-refractivity contribution in [2.75, 3.05) is 13.6 Å². The number of phenols is 2. The lowest BCUT2D eigenvalue weighted by Gasteiger charge is -2.40. The number of likely N-dealkylation sites (N-methyl/N-ethyl adjacent to an activating group) is 1. The standard InChI is InChI=1S/C19H21NO4/c1-20-3-2-10-6-17(24)14(9-22)19-13-4-12(8-21)16(23)7-11(13)5-15(20)18(10)19/h4,6-7,15,21-24H,2-3,5,8-9H2,1H3. The van der Waals surface area contributed by atoms with Gasteiger partial charge in [-0.15, -0.1) is 0 Å². The van der Waals surface area contributed by atoms with E-state index >= 15 is 0 Å². The molecule has 24 heavy (non-hydrogen) atoms. The van der Waals surface area contributed by atoms with Gasteiger partial charge < -0.3 is 20.4 Å². The monoisotopic (exact) mass is 327 g/mol. The average Bonchev–Trinajstić information content (AvgIpc) is 2.57. The van der Waals surface area contributed by atoms with Crippen LogP contribution in [0.4, 0.5) is 0 Å². The van der Waals surface area contributed by atoms with Crippen LogP contribution >= 0.6 is 0 Å². The molecule has 0 amide bonds. The molecule has 0 aromatic heterocycles. The summed E-state index contributed by atoms with van der Waals surface area (Å²) < 4.78 is 0. The van der Waals surface area contributed by atoms with E-state index in [2.05, 4.69) is 11.9 Å². The molecule has 1 aliphatic carbocycles. The minimum Gasteiger partial charge on any atom is -0.508 e. The Morgan fingerprint density at radius 2 is 1.79 bits per heavy atom. The lowest BCUT2D eigenvalue weighted by atomic mass is 9.74. The summed E-state index contributed by atoms with van der Waals surface area (Å²) in [5, 5.41) is 39.8. The van der Waals surface area contributed by atoms with Crippen molar-refractivity contribution in [1.29, 1.82) is 0 Å². The van der Waals surface area contributed by atoms with E-state index in [4.69, 9.17) is 0 Å². The third-order valence-corrected chi connectivity index (χ3v) is 5.45. The van der Waals surface area contributed by atoms with Crippen LogP contribution in [-0.2, 0) is 26.1 Å². The van der Waals surface area contributed by atoms with Crippen molar-refractivity contribution in [3.63, 3.8) is 0 Å². The van der Waals surface area contributed by atoms with Crippen LogP contribution in [0.5, 0.6) is 11.5 Å². The van der Waals surface area contributed by atoms with Crippen molar-refractivity contribution in [1.82, 2.24) is 4.90 Å². The van der Waals surface area contributed by atoms with Gasteiger partial charge in [0.05, 0.1) is 13.2 Å². The maximum Gasteiger partial charge on any atom is 0.122 e. The van der Waals surface area contributed by atoms with Gasteiger partial charge in [0.15, 0.2) is 0 Å². The van der Waals surface area contributed by atoms with E-state index in [1.165, 1.54) is 0 Å². The molecule has 2 aliphatic rings. The Balaban J connectivity index is 2.08. The quantitative estimate of drug-likeness (QED) is 0.676. The van der Waals surface area contributed by atoms with Crippen LogP contribution in [0.15, 0.2) is 18.2 Å². The summed E-state index contributed by atoms with van der Waals surface area (Å²) in [6.07, 6.45) is 1.62. The zero-order valence-corrected chi connectivity index (χ0v) is 13.6. The van der Waals surface area contributed by atoms with Gasteiger partial charge in [-0.05, 0) is 65.9 Å². The van der Waals surface area contributed by atoms with Crippen molar-refractivity contribution < 1.29 is 20.4 Å². The predicted octanol–water partition coefficient (Wildman–Crippen LogP) is 1.83. The molecule has 1 atom stereocenters. The minimum atomic E-state index is -0.252. The second-order valence-electron chi connectivity index (χ2n) is 6.73. The van der Waals surface area contributed by atoms with Gasteiger partial charge in [0.2, 0.25) is 0 Å². The first-order valence-electron chi connectivity index (χ1n) is 8.19. The molecule has 0 fully saturated rings. The summed E-state index contributed by atoms with van der Waals surface area (Å²) in [4.78, 5) is 2.28. The molecule has 5 heteroatoms. The normalized spacial score (nSPS) is 19.0. The number of aliphatic hydroxyl groups is 2. The van der Waals surface area contributed by atoms with Gasteiger partial charge in [0.25, 0.3) is 0 Å². The highest BCUT2D eigenvalue weighted by molar-refractivity contribution is 5.81. The second kappa shape index (κ2) is 5.48. The number of rotatable bonds is 2. The minimum absolute atomic E-state index is 0.0871. The highest BCUT2D eigenvalue weighted by atomic mass is 16.3. The SMILES string of the molecule is CN1CCc2cc(O)c(CO)c3c2C1Cc1cc(O)c(CO)cc1-3. The Labute approximate surface area is 140 Å². The third kappa shape index (κ3) is 2.05. The van der Waals surface area contributed by atoms with E-state index in [1.54, 1.807) is 18.2 Å². The highest BCUT2D eigenvalue weighted by Gasteiger charge is 2.35. The zero-order valence-electron chi connectivity index (χ0n) is 13.6. The predicted molar refractivity (Wildman–Crippen MR) is 89.8 cm³/mol. The van der Waals surface area contributed by atoms with E-state index in [0.29, 0.717) is 11.1 Å². The fraction of sp³-hybridized carbons (Fsp3) is 0.368. The van der Waals surface area contributed by atoms with Crippen molar-refractivity contribution in [3.8, 4) is 22.6 Å². The van der Waals surface area contributed by atoms with Crippen LogP contribution in [0.25, 0.3) is 11.1 Å². The van der Waals surface area contributed by atoms with Gasteiger partial charge in [-0.3, -0.25) is 4.90 Å². The second-order valence-corrected chi connectivity index (χ2v) is 6.73. The van der Waals surface area contributed by atoms with Crippen LogP contribution in [-0.4, -0.2) is 38.9 Å². The molecule has 2 aromatic rings. The molecule has 1 heterocycles. The molecular formula is C19H21NO4. The Morgan fingerprint density at radius 1 is 1.04 bits per heavy atom. The Kier molecular flexibility index (Phi) is 3.53. The summed E-state index contributed by atoms with van der Waals surface area (Å²) in [6.45, 7) is 0.405. The van der Waals surface area contributed by atoms with Gasteiger partial charge in [0.1, 0.15) is 11.5 Å². The molecule has 0 saturated carbocycles. The molecule has 1 unspecified atom stereocenters. The molecule has 0 saturated heterocycles. The first-order chi connectivity index (χ1) is 11.5. The highest BCUT2D eigenvalue weighted by Crippen LogP contribution is 2.49. The average molecular weight is 327 g/mol. The van der Waals surface area contributed by atoms with E-state index < -0.39 is 0 Å². The molecule has 5 nitrogen and oxygen atoms in total. The maximum atomic E-state index is 10.4. The van der Waals surface area contributed by atoms with Gasteiger partial charge in [0, 0.05) is 23.7 Å². The number of hydrogen-bond acceptors (Lipinski definition) is 5. The molecule has 126 valence electrons. The van der Waals surface area contributed by atoms with E-state index in [-0.39, 0.29) is 30.8 Å². The first kappa shape index (κ1) is 15.4. The molecule has 4 rings (SSSR count). The fourth-order valence-electron chi connectivity index (χ4n) is 4.18. The van der Waals surface area contributed by atoms with Gasteiger partial charge >= 0.3 is 0 Å². The van der Waals surface area contributed by atoms with Crippen molar-refractivity contribution in [2.24, 2.45) is 0 Å². The van der Waals surface area contributed by atoms with E-state index in [0.717, 1.165) is 47.2 Å². The molecule has 0 bridgehead atoms. The van der Waals surface area contributed by atoms with Gasteiger partial charge in [-0.25, -0.2) is 0 Å². The number of nitrogens with zero attached hydrogens (tertiary/aromatic N) is 1. The molecule has 2 aromatic carbocycles. The fourth-order valence-corrected chi connectivity index (χ4v) is 4.18. The van der Waals surface area contributed by atoms with Crippen LogP contribution < -0.4 is 0 Å². The van der Waals surface area contributed by atoms with Gasteiger partial charge in [-0.1, -0.05) is 0 Å². The molecule has 1 aliphatic heterocycles. The van der Waals surface area contributed by atoms with Crippen molar-refractivity contribution in [2.45, 2.75) is 32.1 Å². The number of aliphatic hydroxyl groups excluding tert-OH is 2. The number of hydrogen-bond donors (Lipinski definition) is 4. The summed E-state index contributed by atoms with van der Waals surface area (Å²) >= 11 is 0. The third-order valence-electron chi connectivity index (χ3n) is 5.45. The molecule has 4 N–H and O–H groups in total. The van der Waals surface area contributed by atoms with E-state index in [1.807, 2.05) is 0 Å². The van der Waals surface area contributed by atoms with Crippen molar-refractivity contribution >= 4 is 0 Å². The number of fused-ring (bicyclic) bond motifs is 2. The summed E-state index contributed by atoms with van der Waals surface area (Å²) in [6, 6.07) is 5.44. The van der Waals surface area contributed by atoms with Crippen LogP contribution in [0.1, 0.15) is 33.9 Å². The van der Waals surface area contributed by atoms with Crippen LogP contribution in [0, 0.1) is 0 Å². The smallest absolute Gasteiger partial charge is 0.122 e. The number of aromatic hydroxyl groups is 2. The topological polar surface area (TPSA) is 84.2 Å². The van der Waals surface area contributed by atoms with Crippen LogP contribution in [0.2, 0.25) is 0 Å². The Morgan fingerprint density at radius 3 is 2.50 bits per heavy atom. The lowest BCUT2D eigenvalue weighted by molar-refractivity contribution is 0.226. The van der Waals surface area contributed by atoms with Crippen LogP contribution in [0.3, 0.4) is 0 Å². The molecular weight excluding hydrogens is 306 g/mol. The van der Waals surface area contributed by atoms with E-state index in [9.17, 15) is 20.4 Å². The zero-order chi connectivity index (χ0) is 17.0. The summed E-state index contributed by atoms with van der Waals surface area (Å²) in [5.74, 6) is 0.199. The largest absolute Gasteiger partial charge is 0.508 e. The summed E-state index contributed by atoms with van der Waals surface area (Å²) in [7, 11) is 2.08. The van der Waals surface area contributed by atoms with Gasteiger partial charge in [-0.2, -0.15) is 0 Å². The lowest BCUT2D eigenvalue weighted by Crippen LogP contribution is -2.36. The Bertz CT molecular complexity index is 831. The first-order valence-corrected chi connectivity index (χ1v) is 8.19.